The monoisotopic (exact) mass is 268 g/mol. The lowest BCUT2D eigenvalue weighted by Crippen LogP contribution is -2.15. The third kappa shape index (κ3) is 4.02. The molecular formula is C14H24N2OS. The van der Waals surface area contributed by atoms with E-state index in [1.54, 1.807) is 11.8 Å². The largest absolute Gasteiger partial charge is 0.393 e. The Hall–Kier alpha value is -0.480. The van der Waals surface area contributed by atoms with Crippen LogP contribution in [0.3, 0.4) is 0 Å². The van der Waals surface area contributed by atoms with Crippen molar-refractivity contribution in [2.24, 2.45) is 0 Å². The number of thioether (sulfide) groups is 1. The summed E-state index contributed by atoms with van der Waals surface area (Å²) < 4.78 is 2.12. The molecule has 0 aliphatic heterocycles. The van der Waals surface area contributed by atoms with Gasteiger partial charge in [-0.25, -0.2) is 0 Å². The highest BCUT2D eigenvalue weighted by Crippen LogP contribution is 2.27. The van der Waals surface area contributed by atoms with Crippen LogP contribution in [-0.2, 0) is 6.42 Å². The van der Waals surface area contributed by atoms with E-state index in [2.05, 4.69) is 28.3 Å². The van der Waals surface area contributed by atoms with Crippen LogP contribution in [0.1, 0.15) is 50.3 Å². The number of aliphatic hydroxyl groups is 1. The molecule has 0 saturated heterocycles. The summed E-state index contributed by atoms with van der Waals surface area (Å²) in [7, 11) is 0. The fourth-order valence-corrected chi connectivity index (χ4v) is 3.14. The highest BCUT2D eigenvalue weighted by molar-refractivity contribution is 7.98. The molecule has 1 saturated carbocycles. The van der Waals surface area contributed by atoms with Crippen LogP contribution in [-0.4, -0.2) is 33.0 Å². The van der Waals surface area contributed by atoms with Gasteiger partial charge in [-0.3, -0.25) is 4.68 Å². The van der Waals surface area contributed by atoms with E-state index in [4.69, 9.17) is 0 Å². The second-order valence-electron chi connectivity index (χ2n) is 5.22. The normalized spacial score (nSPS) is 19.0. The zero-order valence-corrected chi connectivity index (χ0v) is 12.0. The Balaban J connectivity index is 1.85. The molecule has 102 valence electrons. The van der Waals surface area contributed by atoms with Crippen molar-refractivity contribution in [2.45, 2.75) is 57.1 Å². The lowest BCUT2D eigenvalue weighted by Gasteiger charge is -2.21. The third-order valence-electron chi connectivity index (χ3n) is 3.71. The van der Waals surface area contributed by atoms with Crippen LogP contribution in [0.15, 0.2) is 12.3 Å². The first-order valence-corrected chi connectivity index (χ1v) is 8.40. The molecule has 0 radical (unpaired) electrons. The van der Waals surface area contributed by atoms with Crippen molar-refractivity contribution in [2.75, 3.05) is 12.0 Å². The molecule has 1 fully saturated rings. The molecule has 3 nitrogen and oxygen atoms in total. The van der Waals surface area contributed by atoms with Crippen LogP contribution in [0.2, 0.25) is 0 Å². The molecule has 1 atom stereocenters. The van der Waals surface area contributed by atoms with Crippen LogP contribution in [0.4, 0.5) is 0 Å². The molecule has 0 aromatic carbocycles. The second kappa shape index (κ2) is 7.19. The Morgan fingerprint density at radius 3 is 2.94 bits per heavy atom. The molecule has 0 spiro atoms. The zero-order chi connectivity index (χ0) is 12.8. The minimum Gasteiger partial charge on any atom is -0.393 e. The lowest BCUT2D eigenvalue weighted by atomic mass is 9.96. The first-order chi connectivity index (χ1) is 8.79. The van der Waals surface area contributed by atoms with Gasteiger partial charge in [-0.15, -0.1) is 0 Å². The van der Waals surface area contributed by atoms with Crippen LogP contribution in [0.5, 0.6) is 0 Å². The van der Waals surface area contributed by atoms with Gasteiger partial charge in [0.1, 0.15) is 0 Å². The number of aromatic nitrogens is 2. The smallest absolute Gasteiger partial charge is 0.0650 e. The molecule has 0 amide bonds. The Bertz CT molecular complexity index is 347. The van der Waals surface area contributed by atoms with E-state index in [0.29, 0.717) is 12.5 Å². The molecule has 4 heteroatoms. The maximum absolute atomic E-state index is 9.89. The first kappa shape index (κ1) is 13.9. The fraction of sp³-hybridized carbons (Fsp3) is 0.786. The molecule has 1 N–H and O–H groups in total. The summed E-state index contributed by atoms with van der Waals surface area (Å²) >= 11 is 1.78. The first-order valence-electron chi connectivity index (χ1n) is 7.00. The molecule has 2 rings (SSSR count). The standard InChI is InChI=1S/C14H24N2OS/c1-18-10-8-14(17)11-12-7-9-16(15-12)13-5-3-2-4-6-13/h7,9,13-14,17H,2-6,8,10-11H2,1H3. The summed E-state index contributed by atoms with van der Waals surface area (Å²) in [5.41, 5.74) is 1.04. The van der Waals surface area contributed by atoms with Gasteiger partial charge in [0.25, 0.3) is 0 Å². The van der Waals surface area contributed by atoms with Crippen molar-refractivity contribution < 1.29 is 5.11 Å². The number of hydrogen-bond donors (Lipinski definition) is 1. The molecule has 1 aliphatic rings. The maximum Gasteiger partial charge on any atom is 0.0650 e. The summed E-state index contributed by atoms with van der Waals surface area (Å²) in [5, 5.41) is 14.5. The average Bonchev–Trinajstić information content (AvgIpc) is 2.86. The molecule has 1 aromatic rings. The summed E-state index contributed by atoms with van der Waals surface area (Å²) in [6.45, 7) is 0. The number of aliphatic hydroxyl groups excluding tert-OH is 1. The van der Waals surface area contributed by atoms with Gasteiger partial charge in [-0.05, 0) is 37.3 Å². The molecule has 1 heterocycles. The predicted molar refractivity (Wildman–Crippen MR) is 77.1 cm³/mol. The van der Waals surface area contributed by atoms with Gasteiger partial charge in [0.2, 0.25) is 0 Å². The van der Waals surface area contributed by atoms with Crippen LogP contribution >= 0.6 is 11.8 Å². The Morgan fingerprint density at radius 1 is 1.44 bits per heavy atom. The van der Waals surface area contributed by atoms with Gasteiger partial charge >= 0.3 is 0 Å². The van der Waals surface area contributed by atoms with E-state index in [9.17, 15) is 5.11 Å². The lowest BCUT2D eigenvalue weighted by molar-refractivity contribution is 0.170. The fourth-order valence-electron chi connectivity index (χ4n) is 2.63. The molecule has 1 aromatic heterocycles. The van der Waals surface area contributed by atoms with Crippen molar-refractivity contribution in [3.63, 3.8) is 0 Å². The molecule has 18 heavy (non-hydrogen) atoms. The topological polar surface area (TPSA) is 38.0 Å². The van der Waals surface area contributed by atoms with Crippen LogP contribution in [0.25, 0.3) is 0 Å². The van der Waals surface area contributed by atoms with Crippen molar-refractivity contribution in [3.05, 3.63) is 18.0 Å². The number of rotatable bonds is 6. The third-order valence-corrected chi connectivity index (χ3v) is 4.36. The SMILES string of the molecule is CSCCC(O)Cc1ccn(C2CCCCC2)n1. The van der Waals surface area contributed by atoms with Crippen molar-refractivity contribution >= 4 is 11.8 Å². The van der Waals surface area contributed by atoms with Gasteiger partial charge in [0.05, 0.1) is 17.8 Å². The van der Waals surface area contributed by atoms with E-state index in [1.807, 2.05) is 0 Å². The van der Waals surface area contributed by atoms with Crippen molar-refractivity contribution in [1.82, 2.24) is 9.78 Å². The van der Waals surface area contributed by atoms with E-state index < -0.39 is 0 Å². The van der Waals surface area contributed by atoms with E-state index in [0.717, 1.165) is 17.9 Å². The van der Waals surface area contributed by atoms with Gasteiger partial charge < -0.3 is 5.11 Å². The summed E-state index contributed by atoms with van der Waals surface area (Å²) in [6.07, 6.45) is 12.0. The van der Waals surface area contributed by atoms with Crippen LogP contribution in [0, 0.1) is 0 Å². The summed E-state index contributed by atoms with van der Waals surface area (Å²) in [5.74, 6) is 1.02. The van der Waals surface area contributed by atoms with E-state index in [-0.39, 0.29) is 6.10 Å². The Morgan fingerprint density at radius 2 is 2.22 bits per heavy atom. The van der Waals surface area contributed by atoms with Gasteiger partial charge in [-0.2, -0.15) is 16.9 Å². The highest BCUT2D eigenvalue weighted by atomic mass is 32.2. The van der Waals surface area contributed by atoms with Crippen molar-refractivity contribution in [1.29, 1.82) is 0 Å². The van der Waals surface area contributed by atoms with Crippen LogP contribution < -0.4 is 0 Å². The summed E-state index contributed by atoms with van der Waals surface area (Å²) in [4.78, 5) is 0. The van der Waals surface area contributed by atoms with E-state index in [1.165, 1.54) is 32.1 Å². The molecule has 1 aliphatic carbocycles. The van der Waals surface area contributed by atoms with Gasteiger partial charge in [0, 0.05) is 12.6 Å². The van der Waals surface area contributed by atoms with Gasteiger partial charge in [-0.1, -0.05) is 19.3 Å². The highest BCUT2D eigenvalue weighted by Gasteiger charge is 2.16. The summed E-state index contributed by atoms with van der Waals surface area (Å²) in [6, 6.07) is 2.66. The van der Waals surface area contributed by atoms with Gasteiger partial charge in [0.15, 0.2) is 0 Å². The second-order valence-corrected chi connectivity index (χ2v) is 6.20. The molecule has 1 unspecified atom stereocenters. The maximum atomic E-state index is 9.89. The predicted octanol–water partition coefficient (Wildman–Crippen LogP) is 3.04. The van der Waals surface area contributed by atoms with E-state index >= 15 is 0 Å². The minimum absolute atomic E-state index is 0.243. The number of nitrogens with zero attached hydrogens (tertiary/aromatic N) is 2. The average molecular weight is 268 g/mol. The molecular weight excluding hydrogens is 244 g/mol. The number of hydrogen-bond acceptors (Lipinski definition) is 3. The Labute approximate surface area is 114 Å². The molecule has 0 bridgehead atoms. The quantitative estimate of drug-likeness (QED) is 0.861. The Kier molecular flexibility index (Phi) is 5.57. The zero-order valence-electron chi connectivity index (χ0n) is 11.2. The minimum atomic E-state index is -0.243. The van der Waals surface area contributed by atoms with Crippen molar-refractivity contribution in [3.8, 4) is 0 Å².